The molecule has 104 valence electrons. The minimum absolute atomic E-state index is 0.486. The van der Waals surface area contributed by atoms with Crippen molar-refractivity contribution in [2.75, 3.05) is 19.6 Å². The molecule has 18 heavy (non-hydrogen) atoms. The molecule has 1 N–H and O–H groups in total. The first kappa shape index (κ1) is 12.9. The lowest BCUT2D eigenvalue weighted by Gasteiger charge is -2.35. The Morgan fingerprint density at radius 3 is 2.33 bits per heavy atom. The van der Waals surface area contributed by atoms with Crippen molar-refractivity contribution in [3.05, 3.63) is 0 Å². The summed E-state index contributed by atoms with van der Waals surface area (Å²) < 4.78 is 0. The Kier molecular flexibility index (Phi) is 3.68. The third-order valence-corrected chi connectivity index (χ3v) is 5.09. The molecule has 0 saturated heterocycles. The molecule has 3 fully saturated rings. The fourth-order valence-electron chi connectivity index (χ4n) is 2.88. The van der Waals surface area contributed by atoms with Gasteiger partial charge in [0.1, 0.15) is 0 Å². The highest BCUT2D eigenvalue weighted by atomic mass is 15.2. The topological polar surface area (TPSA) is 15.3 Å². The zero-order valence-corrected chi connectivity index (χ0v) is 12.3. The molecule has 3 aliphatic rings. The Labute approximate surface area is 113 Å². The van der Waals surface area contributed by atoms with Gasteiger partial charge in [-0.3, -0.25) is 4.90 Å². The van der Waals surface area contributed by atoms with E-state index in [0.29, 0.717) is 5.41 Å². The molecule has 0 bridgehead atoms. The van der Waals surface area contributed by atoms with E-state index in [4.69, 9.17) is 0 Å². The number of rotatable bonds is 9. The molecule has 3 saturated carbocycles. The van der Waals surface area contributed by atoms with E-state index in [9.17, 15) is 0 Å². The molecule has 3 rings (SSSR count). The third-order valence-electron chi connectivity index (χ3n) is 5.09. The van der Waals surface area contributed by atoms with Crippen molar-refractivity contribution in [3.8, 4) is 0 Å². The lowest BCUT2D eigenvalue weighted by atomic mass is 9.86. The maximum absolute atomic E-state index is 3.76. The van der Waals surface area contributed by atoms with Crippen LogP contribution in [0.1, 0.15) is 58.8 Å². The van der Waals surface area contributed by atoms with Crippen LogP contribution in [0.2, 0.25) is 0 Å². The number of nitrogens with zero attached hydrogens (tertiary/aromatic N) is 1. The molecule has 0 aliphatic heterocycles. The van der Waals surface area contributed by atoms with Crippen LogP contribution >= 0.6 is 0 Å². The summed E-state index contributed by atoms with van der Waals surface area (Å²) in [5.74, 6) is 1.04. The van der Waals surface area contributed by atoms with Gasteiger partial charge in [-0.05, 0) is 56.3 Å². The minimum Gasteiger partial charge on any atom is -0.313 e. The average molecular weight is 250 g/mol. The van der Waals surface area contributed by atoms with Crippen LogP contribution in [-0.2, 0) is 0 Å². The van der Waals surface area contributed by atoms with E-state index in [1.54, 1.807) is 0 Å². The van der Waals surface area contributed by atoms with Gasteiger partial charge >= 0.3 is 0 Å². The van der Waals surface area contributed by atoms with E-state index in [-0.39, 0.29) is 0 Å². The van der Waals surface area contributed by atoms with Crippen LogP contribution in [0.25, 0.3) is 0 Å². The zero-order chi connectivity index (χ0) is 12.6. The highest BCUT2D eigenvalue weighted by Gasteiger charge is 2.37. The second kappa shape index (κ2) is 5.13. The van der Waals surface area contributed by atoms with Gasteiger partial charge in [-0.15, -0.1) is 0 Å². The van der Waals surface area contributed by atoms with Crippen LogP contribution in [-0.4, -0.2) is 36.6 Å². The van der Waals surface area contributed by atoms with E-state index in [1.807, 2.05) is 0 Å². The molecule has 0 heterocycles. The SMILES string of the molecule is CCC(C)(CNC1CC1)CN(CC1CC1)C1CC1. The molecule has 3 aliphatic carbocycles. The summed E-state index contributed by atoms with van der Waals surface area (Å²) in [6.45, 7) is 8.80. The van der Waals surface area contributed by atoms with E-state index >= 15 is 0 Å². The maximum Gasteiger partial charge on any atom is 0.00967 e. The van der Waals surface area contributed by atoms with Crippen molar-refractivity contribution in [2.45, 2.75) is 70.9 Å². The molecule has 2 nitrogen and oxygen atoms in total. The van der Waals surface area contributed by atoms with Crippen LogP contribution < -0.4 is 5.32 Å². The minimum atomic E-state index is 0.486. The fraction of sp³-hybridized carbons (Fsp3) is 1.00. The first-order valence-corrected chi connectivity index (χ1v) is 8.16. The standard InChI is InChI=1S/C16H30N2/c1-3-16(2,11-17-14-6-7-14)12-18(15-8-9-15)10-13-4-5-13/h13-15,17H,3-12H2,1-2H3. The summed E-state index contributed by atoms with van der Waals surface area (Å²) in [4.78, 5) is 2.83. The van der Waals surface area contributed by atoms with E-state index in [1.165, 1.54) is 64.6 Å². The van der Waals surface area contributed by atoms with Crippen molar-refractivity contribution >= 4 is 0 Å². The molecule has 0 aromatic rings. The quantitative estimate of drug-likeness (QED) is 0.676. The van der Waals surface area contributed by atoms with E-state index < -0.39 is 0 Å². The molecule has 0 aromatic carbocycles. The molecule has 0 amide bonds. The molecular formula is C16H30N2. The average Bonchev–Trinajstić information content (AvgIpc) is 3.20. The predicted octanol–water partition coefficient (Wildman–Crippen LogP) is 3.03. The van der Waals surface area contributed by atoms with Gasteiger partial charge in [0.2, 0.25) is 0 Å². The van der Waals surface area contributed by atoms with Crippen LogP contribution in [0.4, 0.5) is 0 Å². The van der Waals surface area contributed by atoms with Crippen LogP contribution in [0.3, 0.4) is 0 Å². The van der Waals surface area contributed by atoms with Gasteiger partial charge < -0.3 is 5.32 Å². The zero-order valence-electron chi connectivity index (χ0n) is 12.3. The molecule has 2 heteroatoms. The summed E-state index contributed by atoms with van der Waals surface area (Å²) in [7, 11) is 0. The third kappa shape index (κ3) is 3.71. The Bertz CT molecular complexity index is 279. The first-order valence-electron chi connectivity index (χ1n) is 8.16. The Balaban J connectivity index is 1.51. The molecule has 1 atom stereocenters. The van der Waals surface area contributed by atoms with Crippen molar-refractivity contribution < 1.29 is 0 Å². The van der Waals surface area contributed by atoms with Gasteiger partial charge in [-0.2, -0.15) is 0 Å². The van der Waals surface area contributed by atoms with E-state index in [2.05, 4.69) is 24.1 Å². The summed E-state index contributed by atoms with van der Waals surface area (Å²) in [6, 6.07) is 1.80. The van der Waals surface area contributed by atoms with Gasteiger partial charge in [-0.25, -0.2) is 0 Å². The molecular weight excluding hydrogens is 220 g/mol. The Morgan fingerprint density at radius 1 is 1.11 bits per heavy atom. The number of nitrogens with one attached hydrogen (secondary N) is 1. The van der Waals surface area contributed by atoms with Crippen molar-refractivity contribution in [2.24, 2.45) is 11.3 Å². The normalized spacial score (nSPS) is 27.5. The molecule has 0 radical (unpaired) electrons. The van der Waals surface area contributed by atoms with Gasteiger partial charge in [0.25, 0.3) is 0 Å². The second-order valence-corrected chi connectivity index (χ2v) is 7.42. The highest BCUT2D eigenvalue weighted by molar-refractivity contribution is 4.93. The lowest BCUT2D eigenvalue weighted by molar-refractivity contribution is 0.142. The monoisotopic (exact) mass is 250 g/mol. The Morgan fingerprint density at radius 2 is 1.83 bits per heavy atom. The van der Waals surface area contributed by atoms with Gasteiger partial charge in [-0.1, -0.05) is 13.8 Å². The van der Waals surface area contributed by atoms with Crippen LogP contribution in [0.5, 0.6) is 0 Å². The molecule has 1 unspecified atom stereocenters. The largest absolute Gasteiger partial charge is 0.313 e. The Hall–Kier alpha value is -0.0800. The van der Waals surface area contributed by atoms with Crippen LogP contribution in [0, 0.1) is 11.3 Å². The molecule has 0 spiro atoms. The number of hydrogen-bond acceptors (Lipinski definition) is 2. The van der Waals surface area contributed by atoms with Crippen LogP contribution in [0.15, 0.2) is 0 Å². The van der Waals surface area contributed by atoms with Gasteiger partial charge in [0.05, 0.1) is 0 Å². The smallest absolute Gasteiger partial charge is 0.00967 e. The summed E-state index contributed by atoms with van der Waals surface area (Å²) in [5, 5.41) is 3.76. The summed E-state index contributed by atoms with van der Waals surface area (Å²) >= 11 is 0. The first-order chi connectivity index (χ1) is 8.68. The summed E-state index contributed by atoms with van der Waals surface area (Å²) in [6.07, 6.45) is 10.0. The van der Waals surface area contributed by atoms with Gasteiger partial charge in [0, 0.05) is 31.7 Å². The summed E-state index contributed by atoms with van der Waals surface area (Å²) in [5.41, 5.74) is 0.486. The number of hydrogen-bond donors (Lipinski definition) is 1. The predicted molar refractivity (Wildman–Crippen MR) is 76.7 cm³/mol. The van der Waals surface area contributed by atoms with Crippen molar-refractivity contribution in [1.82, 2.24) is 10.2 Å². The second-order valence-electron chi connectivity index (χ2n) is 7.42. The lowest BCUT2D eigenvalue weighted by Crippen LogP contribution is -2.44. The van der Waals surface area contributed by atoms with E-state index in [0.717, 1.165) is 18.0 Å². The maximum atomic E-state index is 3.76. The van der Waals surface area contributed by atoms with Crippen molar-refractivity contribution in [3.63, 3.8) is 0 Å². The highest BCUT2D eigenvalue weighted by Crippen LogP contribution is 2.37. The van der Waals surface area contributed by atoms with Crippen molar-refractivity contribution in [1.29, 1.82) is 0 Å². The molecule has 0 aromatic heterocycles. The fourth-order valence-corrected chi connectivity index (χ4v) is 2.88. The van der Waals surface area contributed by atoms with Gasteiger partial charge in [0.15, 0.2) is 0 Å².